The number of rotatable bonds is 5. The summed E-state index contributed by atoms with van der Waals surface area (Å²) >= 11 is 0. The summed E-state index contributed by atoms with van der Waals surface area (Å²) in [5.41, 5.74) is 0. The minimum Gasteiger partial charge on any atom is -0.383 e. The van der Waals surface area contributed by atoms with Crippen molar-refractivity contribution < 1.29 is 9.53 Å². The third kappa shape index (κ3) is 5.07. The topological polar surface area (TPSA) is 32.8 Å². The Morgan fingerprint density at radius 3 is 2.29 bits per heavy atom. The van der Waals surface area contributed by atoms with Crippen molar-refractivity contribution in [1.82, 2.24) is 9.80 Å². The van der Waals surface area contributed by atoms with Gasteiger partial charge in [0.05, 0.1) is 6.61 Å². The van der Waals surface area contributed by atoms with E-state index in [1.165, 1.54) is 0 Å². The molecule has 14 heavy (non-hydrogen) atoms. The summed E-state index contributed by atoms with van der Waals surface area (Å²) in [7, 11) is 5.18. The molecule has 84 valence electrons. The molecule has 0 aliphatic carbocycles. The SMILES string of the molecule is COCCN(CC(C)C)C(=O)N(C)C. The van der Waals surface area contributed by atoms with Gasteiger partial charge in [-0.05, 0) is 5.92 Å². The number of hydrogen-bond donors (Lipinski definition) is 0. The zero-order chi connectivity index (χ0) is 11.1. The Hall–Kier alpha value is -0.770. The number of ether oxygens (including phenoxy) is 1. The van der Waals surface area contributed by atoms with Gasteiger partial charge in [0.2, 0.25) is 0 Å². The normalized spacial score (nSPS) is 10.4. The molecule has 0 unspecified atom stereocenters. The molecule has 0 N–H and O–H groups in total. The summed E-state index contributed by atoms with van der Waals surface area (Å²) in [5, 5.41) is 0. The molecule has 0 bridgehead atoms. The van der Waals surface area contributed by atoms with Gasteiger partial charge in [0, 0.05) is 34.3 Å². The van der Waals surface area contributed by atoms with Crippen molar-refractivity contribution in [1.29, 1.82) is 0 Å². The molecule has 0 fully saturated rings. The molecule has 2 amide bonds. The van der Waals surface area contributed by atoms with Crippen molar-refractivity contribution in [3.63, 3.8) is 0 Å². The maximum atomic E-state index is 11.7. The van der Waals surface area contributed by atoms with Crippen LogP contribution in [0.4, 0.5) is 4.79 Å². The summed E-state index contributed by atoms with van der Waals surface area (Å²) in [4.78, 5) is 15.1. The van der Waals surface area contributed by atoms with E-state index in [9.17, 15) is 4.79 Å². The molecule has 0 atom stereocenters. The van der Waals surface area contributed by atoms with Crippen LogP contribution in [0, 0.1) is 5.92 Å². The highest BCUT2D eigenvalue weighted by molar-refractivity contribution is 5.73. The number of nitrogens with zero attached hydrogens (tertiary/aromatic N) is 2. The summed E-state index contributed by atoms with van der Waals surface area (Å²) < 4.78 is 4.97. The van der Waals surface area contributed by atoms with Gasteiger partial charge in [-0.3, -0.25) is 0 Å². The second kappa shape index (κ2) is 6.65. The standard InChI is InChI=1S/C10H22N2O2/c1-9(2)8-12(6-7-14-5)10(13)11(3)4/h9H,6-8H2,1-5H3. The number of hydrogen-bond acceptors (Lipinski definition) is 2. The maximum Gasteiger partial charge on any atom is 0.319 e. The van der Waals surface area contributed by atoms with Crippen LogP contribution in [-0.2, 0) is 4.74 Å². The largest absolute Gasteiger partial charge is 0.383 e. The first-order valence-electron chi connectivity index (χ1n) is 4.94. The monoisotopic (exact) mass is 202 g/mol. The van der Waals surface area contributed by atoms with E-state index in [2.05, 4.69) is 13.8 Å². The average Bonchev–Trinajstić information content (AvgIpc) is 2.10. The van der Waals surface area contributed by atoms with E-state index in [-0.39, 0.29) is 6.03 Å². The lowest BCUT2D eigenvalue weighted by Crippen LogP contribution is -2.42. The smallest absolute Gasteiger partial charge is 0.319 e. The molecule has 4 heteroatoms. The van der Waals surface area contributed by atoms with Crippen molar-refractivity contribution in [3.8, 4) is 0 Å². The molecule has 0 aliphatic rings. The van der Waals surface area contributed by atoms with Gasteiger partial charge in [-0.1, -0.05) is 13.8 Å². The van der Waals surface area contributed by atoms with Crippen LogP contribution in [0.1, 0.15) is 13.8 Å². The quantitative estimate of drug-likeness (QED) is 0.672. The lowest BCUT2D eigenvalue weighted by molar-refractivity contribution is 0.129. The summed E-state index contributed by atoms with van der Waals surface area (Å²) in [6.07, 6.45) is 0. The fraction of sp³-hybridized carbons (Fsp3) is 0.900. The predicted molar refractivity (Wildman–Crippen MR) is 57.4 cm³/mol. The molecule has 0 aromatic heterocycles. The van der Waals surface area contributed by atoms with E-state index >= 15 is 0 Å². The minimum atomic E-state index is 0.0516. The molecule has 0 heterocycles. The number of urea groups is 1. The third-order valence-electron chi connectivity index (χ3n) is 1.80. The summed E-state index contributed by atoms with van der Waals surface area (Å²) in [6, 6.07) is 0.0516. The lowest BCUT2D eigenvalue weighted by Gasteiger charge is -2.27. The number of carbonyl (C=O) groups excluding carboxylic acids is 1. The molecule has 0 aliphatic heterocycles. The lowest BCUT2D eigenvalue weighted by atomic mass is 10.2. The molecule has 4 nitrogen and oxygen atoms in total. The Kier molecular flexibility index (Phi) is 6.28. The Morgan fingerprint density at radius 1 is 1.36 bits per heavy atom. The van der Waals surface area contributed by atoms with Gasteiger partial charge in [-0.15, -0.1) is 0 Å². The van der Waals surface area contributed by atoms with Gasteiger partial charge in [0.1, 0.15) is 0 Å². The van der Waals surface area contributed by atoms with E-state index in [1.807, 2.05) is 4.90 Å². The third-order valence-corrected chi connectivity index (χ3v) is 1.80. The van der Waals surface area contributed by atoms with Crippen LogP contribution in [0.15, 0.2) is 0 Å². The van der Waals surface area contributed by atoms with Crippen molar-refractivity contribution in [2.24, 2.45) is 5.92 Å². The molecule has 0 spiro atoms. The van der Waals surface area contributed by atoms with Crippen LogP contribution in [0.3, 0.4) is 0 Å². The Bertz CT molecular complexity index is 170. The van der Waals surface area contributed by atoms with Crippen LogP contribution >= 0.6 is 0 Å². The van der Waals surface area contributed by atoms with E-state index in [4.69, 9.17) is 4.74 Å². The predicted octanol–water partition coefficient (Wildman–Crippen LogP) is 1.27. The van der Waals surface area contributed by atoms with Gasteiger partial charge in [-0.25, -0.2) is 4.79 Å². The van der Waals surface area contributed by atoms with Gasteiger partial charge in [-0.2, -0.15) is 0 Å². The first kappa shape index (κ1) is 13.2. The number of amides is 2. The Labute approximate surface area is 86.8 Å². The fourth-order valence-electron chi connectivity index (χ4n) is 1.19. The molecule has 0 saturated heterocycles. The number of carbonyl (C=O) groups is 1. The van der Waals surface area contributed by atoms with Crippen molar-refractivity contribution in [2.75, 3.05) is 40.9 Å². The van der Waals surface area contributed by atoms with Gasteiger partial charge in [0.15, 0.2) is 0 Å². The highest BCUT2D eigenvalue weighted by Gasteiger charge is 2.15. The highest BCUT2D eigenvalue weighted by Crippen LogP contribution is 2.01. The molecular formula is C10H22N2O2. The second-order valence-corrected chi connectivity index (χ2v) is 4.01. The molecule has 0 saturated carbocycles. The van der Waals surface area contributed by atoms with Crippen LogP contribution in [0.2, 0.25) is 0 Å². The van der Waals surface area contributed by atoms with Gasteiger partial charge < -0.3 is 14.5 Å². The van der Waals surface area contributed by atoms with E-state index < -0.39 is 0 Å². The summed E-state index contributed by atoms with van der Waals surface area (Å²) in [6.45, 7) is 6.23. The van der Waals surface area contributed by atoms with E-state index in [0.29, 0.717) is 19.1 Å². The van der Waals surface area contributed by atoms with Gasteiger partial charge in [0.25, 0.3) is 0 Å². The highest BCUT2D eigenvalue weighted by atomic mass is 16.5. The van der Waals surface area contributed by atoms with E-state index in [1.54, 1.807) is 26.1 Å². The molecule has 0 aromatic carbocycles. The first-order chi connectivity index (χ1) is 6.49. The Balaban J connectivity index is 4.15. The molecule has 0 radical (unpaired) electrons. The van der Waals surface area contributed by atoms with E-state index in [0.717, 1.165) is 6.54 Å². The molecule has 0 aromatic rings. The van der Waals surface area contributed by atoms with Crippen LogP contribution < -0.4 is 0 Å². The Morgan fingerprint density at radius 2 is 1.93 bits per heavy atom. The van der Waals surface area contributed by atoms with Crippen LogP contribution in [-0.4, -0.2) is 56.7 Å². The first-order valence-corrected chi connectivity index (χ1v) is 4.94. The van der Waals surface area contributed by atoms with Crippen molar-refractivity contribution >= 4 is 6.03 Å². The van der Waals surface area contributed by atoms with Crippen molar-refractivity contribution in [3.05, 3.63) is 0 Å². The second-order valence-electron chi connectivity index (χ2n) is 4.01. The summed E-state index contributed by atoms with van der Waals surface area (Å²) in [5.74, 6) is 0.482. The zero-order valence-corrected chi connectivity index (χ0v) is 9.91. The fourth-order valence-corrected chi connectivity index (χ4v) is 1.19. The van der Waals surface area contributed by atoms with Crippen molar-refractivity contribution in [2.45, 2.75) is 13.8 Å². The van der Waals surface area contributed by atoms with Gasteiger partial charge >= 0.3 is 6.03 Å². The van der Waals surface area contributed by atoms with Crippen LogP contribution in [0.25, 0.3) is 0 Å². The molecular weight excluding hydrogens is 180 g/mol. The minimum absolute atomic E-state index is 0.0516. The average molecular weight is 202 g/mol. The number of methoxy groups -OCH3 is 1. The molecule has 0 rings (SSSR count). The maximum absolute atomic E-state index is 11.7. The van der Waals surface area contributed by atoms with Crippen LogP contribution in [0.5, 0.6) is 0 Å². The zero-order valence-electron chi connectivity index (χ0n) is 9.91.